The molecule has 2 bridgehead atoms. The minimum absolute atomic E-state index is 0.143. The number of aliphatic imine (C=N–C) groups is 2. The van der Waals surface area contributed by atoms with Crippen molar-refractivity contribution in [2.75, 3.05) is 6.61 Å². The van der Waals surface area contributed by atoms with Gasteiger partial charge >= 0.3 is 5.97 Å². The Kier molecular flexibility index (Phi) is 6.02. The standard InChI is InChI=1S/C17H21N3O3/c1-12(19-7-6-13(10-18)17(21)22)15-11-20-14-5-3-2-4-8-23-16(15)9-14/h6-7,10-11,14,18H,1-5,8-9H2,(H,21,22). The molecule has 0 aliphatic carbocycles. The lowest BCUT2D eigenvalue weighted by Crippen LogP contribution is -2.15. The maximum Gasteiger partial charge on any atom is 0.337 e. The van der Waals surface area contributed by atoms with Gasteiger partial charge in [0, 0.05) is 25.1 Å². The summed E-state index contributed by atoms with van der Waals surface area (Å²) in [6.07, 6.45) is 10.3. The number of nitrogens with zero attached hydrogens (tertiary/aromatic N) is 2. The van der Waals surface area contributed by atoms with Crippen LogP contribution in [0.4, 0.5) is 0 Å². The van der Waals surface area contributed by atoms with E-state index in [0.29, 0.717) is 12.3 Å². The second-order valence-electron chi connectivity index (χ2n) is 5.47. The molecular weight excluding hydrogens is 294 g/mol. The summed E-state index contributed by atoms with van der Waals surface area (Å²) < 4.78 is 5.86. The molecule has 0 aromatic carbocycles. The van der Waals surface area contributed by atoms with Crippen molar-refractivity contribution in [3.63, 3.8) is 0 Å². The molecule has 2 aliphatic heterocycles. The van der Waals surface area contributed by atoms with E-state index < -0.39 is 5.97 Å². The highest BCUT2D eigenvalue weighted by molar-refractivity contribution is 6.10. The van der Waals surface area contributed by atoms with Gasteiger partial charge in [-0.05, 0) is 25.3 Å². The fourth-order valence-electron chi connectivity index (χ4n) is 2.49. The van der Waals surface area contributed by atoms with Crippen LogP contribution in [0.1, 0.15) is 32.1 Å². The average Bonchev–Trinajstić information content (AvgIpc) is 2.62. The largest absolute Gasteiger partial charge is 0.497 e. The van der Waals surface area contributed by atoms with Gasteiger partial charge in [-0.1, -0.05) is 13.0 Å². The molecule has 1 saturated heterocycles. The Labute approximate surface area is 135 Å². The number of dihydropyridines is 1. The minimum Gasteiger partial charge on any atom is -0.497 e. The molecule has 0 spiro atoms. The molecule has 2 heterocycles. The summed E-state index contributed by atoms with van der Waals surface area (Å²) in [5, 5.41) is 15.9. The van der Waals surface area contributed by atoms with Gasteiger partial charge in [-0.15, -0.1) is 0 Å². The molecule has 2 aliphatic rings. The molecule has 0 amide bonds. The first kappa shape index (κ1) is 16.9. The topological polar surface area (TPSA) is 95.1 Å². The highest BCUT2D eigenvalue weighted by atomic mass is 16.5. The Hall–Kier alpha value is -2.50. The summed E-state index contributed by atoms with van der Waals surface area (Å²) in [5.74, 6) is -0.302. The first-order valence-electron chi connectivity index (χ1n) is 7.68. The lowest BCUT2D eigenvalue weighted by molar-refractivity contribution is -0.132. The molecule has 1 atom stereocenters. The molecule has 6 nitrogen and oxygen atoms in total. The summed E-state index contributed by atoms with van der Waals surface area (Å²) in [4.78, 5) is 19.5. The fourth-order valence-corrected chi connectivity index (χ4v) is 2.49. The number of fused-ring (bicyclic) bond motifs is 2. The summed E-state index contributed by atoms with van der Waals surface area (Å²) in [5.41, 5.74) is 1.10. The van der Waals surface area contributed by atoms with Crippen LogP contribution in [-0.4, -0.2) is 42.4 Å². The van der Waals surface area contributed by atoms with Crippen molar-refractivity contribution >= 4 is 24.6 Å². The molecule has 0 aromatic heterocycles. The first-order chi connectivity index (χ1) is 11.1. The molecule has 0 aromatic rings. The highest BCUT2D eigenvalue weighted by Crippen LogP contribution is 2.27. The SMILES string of the molecule is C=C(N=CC=C(C=N)C(=O)O)C1=C2CC(CCCCCO2)N=C1. The molecule has 1 fully saturated rings. The van der Waals surface area contributed by atoms with E-state index in [9.17, 15) is 4.79 Å². The van der Waals surface area contributed by atoms with E-state index in [4.69, 9.17) is 15.3 Å². The van der Waals surface area contributed by atoms with Crippen molar-refractivity contribution in [2.24, 2.45) is 9.98 Å². The molecule has 6 heteroatoms. The smallest absolute Gasteiger partial charge is 0.337 e. The zero-order chi connectivity index (χ0) is 16.7. The third-order valence-electron chi connectivity index (χ3n) is 3.79. The predicted molar refractivity (Wildman–Crippen MR) is 90.5 cm³/mol. The normalized spacial score (nSPS) is 22.1. The zero-order valence-corrected chi connectivity index (χ0v) is 13.0. The number of rotatable bonds is 5. The maximum atomic E-state index is 10.8. The van der Waals surface area contributed by atoms with Gasteiger partial charge in [-0.2, -0.15) is 0 Å². The van der Waals surface area contributed by atoms with Crippen molar-refractivity contribution in [2.45, 2.75) is 38.1 Å². The summed E-state index contributed by atoms with van der Waals surface area (Å²) in [6, 6.07) is 0.264. The Morgan fingerprint density at radius 1 is 1.48 bits per heavy atom. The van der Waals surface area contributed by atoms with Crippen molar-refractivity contribution in [1.29, 1.82) is 5.41 Å². The minimum atomic E-state index is -1.17. The Balaban J connectivity index is 2.14. The number of nitrogens with one attached hydrogen (secondary N) is 1. The molecule has 0 radical (unpaired) electrons. The lowest BCUT2D eigenvalue weighted by Gasteiger charge is -2.21. The van der Waals surface area contributed by atoms with Crippen LogP contribution < -0.4 is 0 Å². The number of hydrogen-bond acceptors (Lipinski definition) is 5. The third kappa shape index (κ3) is 4.74. The van der Waals surface area contributed by atoms with Crippen molar-refractivity contribution in [3.8, 4) is 0 Å². The van der Waals surface area contributed by atoms with Gasteiger partial charge in [-0.3, -0.25) is 9.98 Å². The van der Waals surface area contributed by atoms with Crippen LogP contribution in [0.2, 0.25) is 0 Å². The number of allylic oxidation sites excluding steroid dienone is 2. The second-order valence-corrected chi connectivity index (χ2v) is 5.47. The van der Waals surface area contributed by atoms with Crippen molar-refractivity contribution in [3.05, 3.63) is 35.3 Å². The van der Waals surface area contributed by atoms with E-state index in [1.807, 2.05) is 0 Å². The molecule has 1 unspecified atom stereocenters. The van der Waals surface area contributed by atoms with Gasteiger partial charge in [0.05, 0.1) is 29.5 Å². The van der Waals surface area contributed by atoms with E-state index in [1.165, 1.54) is 18.7 Å². The van der Waals surface area contributed by atoms with Gasteiger partial charge < -0.3 is 15.3 Å². The van der Waals surface area contributed by atoms with Crippen LogP contribution in [-0.2, 0) is 9.53 Å². The number of hydrogen-bond donors (Lipinski definition) is 2. The molecule has 0 saturated carbocycles. The molecule has 23 heavy (non-hydrogen) atoms. The Morgan fingerprint density at radius 2 is 2.30 bits per heavy atom. The van der Waals surface area contributed by atoms with E-state index in [2.05, 4.69) is 16.6 Å². The number of carboxylic acids is 1. The van der Waals surface area contributed by atoms with Crippen LogP contribution in [0, 0.1) is 5.41 Å². The summed E-state index contributed by atoms with van der Waals surface area (Å²) >= 11 is 0. The lowest BCUT2D eigenvalue weighted by atomic mass is 10.00. The number of aliphatic carboxylic acids is 1. The molecule has 122 valence electrons. The second kappa shape index (κ2) is 8.22. The van der Waals surface area contributed by atoms with Crippen molar-refractivity contribution < 1.29 is 14.6 Å². The van der Waals surface area contributed by atoms with E-state index in [0.717, 1.165) is 43.2 Å². The third-order valence-corrected chi connectivity index (χ3v) is 3.79. The Morgan fingerprint density at radius 3 is 3.04 bits per heavy atom. The van der Waals surface area contributed by atoms with E-state index >= 15 is 0 Å². The number of carbonyl (C=O) groups is 1. The van der Waals surface area contributed by atoms with Gasteiger partial charge in [0.1, 0.15) is 5.76 Å². The number of carboxylic acid groups (broad SMARTS) is 1. The molecular formula is C17H21N3O3. The van der Waals surface area contributed by atoms with Crippen LogP contribution >= 0.6 is 0 Å². The fraction of sp³-hybridized carbons (Fsp3) is 0.412. The van der Waals surface area contributed by atoms with Gasteiger partial charge in [0.15, 0.2) is 0 Å². The quantitative estimate of drug-likeness (QED) is 0.603. The zero-order valence-electron chi connectivity index (χ0n) is 13.0. The first-order valence-corrected chi connectivity index (χ1v) is 7.68. The predicted octanol–water partition coefficient (Wildman–Crippen LogP) is 2.92. The monoisotopic (exact) mass is 315 g/mol. The van der Waals surface area contributed by atoms with Crippen LogP contribution in [0.15, 0.2) is 45.2 Å². The van der Waals surface area contributed by atoms with Gasteiger partial charge in [0.25, 0.3) is 0 Å². The van der Waals surface area contributed by atoms with Gasteiger partial charge in [0.2, 0.25) is 0 Å². The van der Waals surface area contributed by atoms with Crippen molar-refractivity contribution in [1.82, 2.24) is 0 Å². The number of ether oxygens (including phenoxy) is 1. The van der Waals surface area contributed by atoms with Crippen LogP contribution in [0.25, 0.3) is 0 Å². The van der Waals surface area contributed by atoms with E-state index in [-0.39, 0.29) is 11.6 Å². The highest BCUT2D eigenvalue weighted by Gasteiger charge is 2.21. The molecule has 2 N–H and O–H groups in total. The summed E-state index contributed by atoms with van der Waals surface area (Å²) in [7, 11) is 0. The average molecular weight is 315 g/mol. The maximum absolute atomic E-state index is 10.8. The Bertz CT molecular complexity index is 615. The van der Waals surface area contributed by atoms with Crippen LogP contribution in [0.5, 0.6) is 0 Å². The van der Waals surface area contributed by atoms with Crippen LogP contribution in [0.3, 0.4) is 0 Å². The summed E-state index contributed by atoms with van der Waals surface area (Å²) in [6.45, 7) is 4.60. The van der Waals surface area contributed by atoms with E-state index in [1.54, 1.807) is 6.21 Å². The molecule has 2 rings (SSSR count). The van der Waals surface area contributed by atoms with Gasteiger partial charge in [-0.25, -0.2) is 4.79 Å².